The van der Waals surface area contributed by atoms with E-state index in [2.05, 4.69) is 6.92 Å². The van der Waals surface area contributed by atoms with Crippen LogP contribution < -0.4 is 0 Å². The van der Waals surface area contributed by atoms with Gasteiger partial charge >= 0.3 is 0 Å². The molecule has 5 fully saturated rings. The smallest absolute Gasteiger partial charge is 0.168 e. The summed E-state index contributed by atoms with van der Waals surface area (Å²) >= 11 is 0. The van der Waals surface area contributed by atoms with Crippen LogP contribution in [0.2, 0.25) is 0 Å². The van der Waals surface area contributed by atoms with Crippen molar-refractivity contribution in [2.45, 2.75) is 76.5 Å². The molecule has 1 heterocycles. The summed E-state index contributed by atoms with van der Waals surface area (Å²) in [5.41, 5.74) is -0.976. The van der Waals surface area contributed by atoms with E-state index in [-0.39, 0.29) is 41.3 Å². The summed E-state index contributed by atoms with van der Waals surface area (Å²) < 4.78 is 11.9. The minimum Gasteiger partial charge on any atom is -0.393 e. The highest BCUT2D eigenvalue weighted by molar-refractivity contribution is 5.88. The van der Waals surface area contributed by atoms with Crippen LogP contribution in [0.5, 0.6) is 0 Å². The summed E-state index contributed by atoms with van der Waals surface area (Å²) in [6, 6.07) is 0. The predicted octanol–water partition coefficient (Wildman–Crippen LogP) is 1.25. The first-order chi connectivity index (χ1) is 12.7. The molecule has 27 heavy (non-hydrogen) atoms. The SMILES string of the molecule is C[C@]12CCC3(C[C@@H]1C[C@@H](O)[C@H]1[C@H]4[C@@H](O)CC(=O)[C@]4(C)[C@H](O)C[C@@H]12)OCCO3. The fraction of sp³-hybridized carbons (Fsp3) is 0.952. The second-order valence-electron chi connectivity index (χ2n) is 10.3. The number of fused-ring (bicyclic) bond motifs is 5. The van der Waals surface area contributed by atoms with Gasteiger partial charge in [-0.15, -0.1) is 0 Å². The minimum atomic E-state index is -0.932. The molecule has 6 heteroatoms. The van der Waals surface area contributed by atoms with Gasteiger partial charge in [0.25, 0.3) is 0 Å². The molecule has 5 aliphatic rings. The molecule has 152 valence electrons. The standard InChI is InChI=1S/C21H32O6/c1-19-3-4-21(26-5-6-27-21)10-11(19)7-13(22)17-12(19)8-15(24)20(2)16(25)9-14(23)18(17)20/h11-15,17-18,22-24H,3-10H2,1-2H3/t11-,12-,13+,14-,15+,17-,18+,19-,20-/m0/s1. The first-order valence-corrected chi connectivity index (χ1v) is 10.6. The molecule has 0 radical (unpaired) electrons. The van der Waals surface area contributed by atoms with Gasteiger partial charge in [-0.05, 0) is 49.4 Å². The van der Waals surface area contributed by atoms with E-state index in [0.717, 1.165) is 19.3 Å². The molecule has 0 amide bonds. The Hall–Kier alpha value is -0.530. The molecule has 0 aromatic carbocycles. The summed E-state index contributed by atoms with van der Waals surface area (Å²) in [5, 5.41) is 32.9. The van der Waals surface area contributed by atoms with Gasteiger partial charge in [-0.25, -0.2) is 0 Å². The van der Waals surface area contributed by atoms with E-state index >= 15 is 0 Å². The first-order valence-electron chi connectivity index (χ1n) is 10.6. The summed E-state index contributed by atoms with van der Waals surface area (Å²) in [7, 11) is 0. The van der Waals surface area contributed by atoms with Gasteiger partial charge in [0.2, 0.25) is 0 Å². The third-order valence-electron chi connectivity index (χ3n) is 9.32. The summed E-state index contributed by atoms with van der Waals surface area (Å²) in [6.45, 7) is 5.34. The molecule has 9 atom stereocenters. The molecule has 0 unspecified atom stereocenters. The van der Waals surface area contributed by atoms with Crippen molar-refractivity contribution in [3.8, 4) is 0 Å². The maximum Gasteiger partial charge on any atom is 0.168 e. The Balaban J connectivity index is 1.51. The molecule has 1 aliphatic heterocycles. The number of aliphatic hydroxyl groups excluding tert-OH is 3. The highest BCUT2D eigenvalue weighted by Gasteiger charge is 2.68. The molecule has 1 spiro atoms. The molecule has 4 aliphatic carbocycles. The third-order valence-corrected chi connectivity index (χ3v) is 9.32. The Bertz CT molecular complexity index is 645. The average molecular weight is 380 g/mol. The number of ketones is 1. The Labute approximate surface area is 160 Å². The molecular formula is C21H32O6. The van der Waals surface area contributed by atoms with Crippen molar-refractivity contribution < 1.29 is 29.6 Å². The first kappa shape index (κ1) is 18.5. The maximum absolute atomic E-state index is 12.6. The van der Waals surface area contributed by atoms with Crippen molar-refractivity contribution >= 4 is 5.78 Å². The lowest BCUT2D eigenvalue weighted by molar-refractivity contribution is -0.252. The Morgan fingerprint density at radius 1 is 1.00 bits per heavy atom. The number of hydrogen-bond donors (Lipinski definition) is 3. The third kappa shape index (κ3) is 2.28. The number of carbonyl (C=O) groups excluding carboxylic acids is 1. The molecule has 6 nitrogen and oxygen atoms in total. The molecule has 0 aromatic rings. The van der Waals surface area contributed by atoms with Crippen LogP contribution in [-0.4, -0.2) is 58.4 Å². The second kappa shape index (κ2) is 5.76. The summed E-state index contributed by atoms with van der Waals surface area (Å²) in [4.78, 5) is 12.6. The van der Waals surface area contributed by atoms with Crippen molar-refractivity contribution in [1.82, 2.24) is 0 Å². The van der Waals surface area contributed by atoms with Crippen LogP contribution in [0, 0.1) is 34.5 Å². The van der Waals surface area contributed by atoms with Crippen LogP contribution in [0.4, 0.5) is 0 Å². The van der Waals surface area contributed by atoms with Crippen molar-refractivity contribution in [3.05, 3.63) is 0 Å². The molecule has 3 N–H and O–H groups in total. The monoisotopic (exact) mass is 380 g/mol. The van der Waals surface area contributed by atoms with Gasteiger partial charge in [-0.2, -0.15) is 0 Å². The Morgan fingerprint density at radius 3 is 2.41 bits per heavy atom. The van der Waals surface area contributed by atoms with Crippen LogP contribution in [0.15, 0.2) is 0 Å². The zero-order valence-electron chi connectivity index (χ0n) is 16.3. The zero-order valence-corrected chi connectivity index (χ0v) is 16.3. The van der Waals surface area contributed by atoms with E-state index in [0.29, 0.717) is 26.1 Å². The van der Waals surface area contributed by atoms with E-state index in [1.54, 1.807) is 6.92 Å². The number of hydrogen-bond acceptors (Lipinski definition) is 6. The number of Topliss-reactive ketones (excluding diaryl/α,β-unsaturated/α-hetero) is 1. The minimum absolute atomic E-state index is 0.0435. The van der Waals surface area contributed by atoms with Crippen molar-refractivity contribution in [1.29, 1.82) is 0 Å². The van der Waals surface area contributed by atoms with Gasteiger partial charge in [0, 0.05) is 25.2 Å². The van der Waals surface area contributed by atoms with Gasteiger partial charge in [-0.1, -0.05) is 6.92 Å². The molecule has 4 saturated carbocycles. The maximum atomic E-state index is 12.6. The molecule has 0 bridgehead atoms. The Morgan fingerprint density at radius 2 is 1.70 bits per heavy atom. The van der Waals surface area contributed by atoms with E-state index in [4.69, 9.17) is 9.47 Å². The van der Waals surface area contributed by atoms with Gasteiger partial charge < -0.3 is 24.8 Å². The van der Waals surface area contributed by atoms with Gasteiger partial charge in [0.05, 0.1) is 36.9 Å². The van der Waals surface area contributed by atoms with Crippen LogP contribution in [0.3, 0.4) is 0 Å². The second-order valence-corrected chi connectivity index (χ2v) is 10.3. The van der Waals surface area contributed by atoms with Crippen LogP contribution in [-0.2, 0) is 14.3 Å². The van der Waals surface area contributed by atoms with Gasteiger partial charge in [-0.3, -0.25) is 4.79 Å². The molecule has 1 saturated heterocycles. The zero-order chi connectivity index (χ0) is 19.2. The lowest BCUT2D eigenvalue weighted by Crippen LogP contribution is -2.64. The van der Waals surface area contributed by atoms with Crippen molar-refractivity contribution in [2.75, 3.05) is 13.2 Å². The summed E-state index contributed by atoms with van der Waals surface area (Å²) in [5.74, 6) is -0.700. The van der Waals surface area contributed by atoms with E-state index in [1.807, 2.05) is 0 Å². The number of aliphatic hydroxyl groups is 3. The fourth-order valence-corrected chi connectivity index (χ4v) is 7.72. The largest absolute Gasteiger partial charge is 0.393 e. The quantitative estimate of drug-likeness (QED) is 0.585. The fourth-order valence-electron chi connectivity index (χ4n) is 7.72. The summed E-state index contributed by atoms with van der Waals surface area (Å²) in [6.07, 6.45) is 1.71. The normalized spacial score (nSPS) is 56.6. The molecular weight excluding hydrogens is 348 g/mol. The van der Waals surface area contributed by atoms with Gasteiger partial charge in [0.15, 0.2) is 5.79 Å². The number of carbonyl (C=O) groups is 1. The van der Waals surface area contributed by atoms with Crippen LogP contribution in [0.1, 0.15) is 52.4 Å². The highest BCUT2D eigenvalue weighted by atomic mass is 16.7. The van der Waals surface area contributed by atoms with Crippen LogP contribution >= 0.6 is 0 Å². The topological polar surface area (TPSA) is 96.2 Å². The number of rotatable bonds is 0. The van der Waals surface area contributed by atoms with E-state index in [9.17, 15) is 20.1 Å². The predicted molar refractivity (Wildman–Crippen MR) is 95.5 cm³/mol. The van der Waals surface area contributed by atoms with Crippen molar-refractivity contribution in [2.24, 2.45) is 34.5 Å². The van der Waals surface area contributed by atoms with Crippen molar-refractivity contribution in [3.63, 3.8) is 0 Å². The Kier molecular flexibility index (Phi) is 3.94. The molecule has 5 rings (SSSR count). The average Bonchev–Trinajstić information content (AvgIpc) is 3.15. The van der Waals surface area contributed by atoms with E-state index < -0.39 is 29.5 Å². The number of ether oxygens (including phenoxy) is 2. The van der Waals surface area contributed by atoms with Gasteiger partial charge in [0.1, 0.15) is 5.78 Å². The molecule has 0 aromatic heterocycles. The lowest BCUT2D eigenvalue weighted by atomic mass is 9.43. The lowest BCUT2D eigenvalue weighted by Gasteiger charge is -2.63. The van der Waals surface area contributed by atoms with Crippen LogP contribution in [0.25, 0.3) is 0 Å². The van der Waals surface area contributed by atoms with E-state index in [1.165, 1.54) is 0 Å². The highest BCUT2D eigenvalue weighted by Crippen LogP contribution is 2.66.